The molecule has 2 aromatic rings. The van der Waals surface area contributed by atoms with Crippen LogP contribution in [0.1, 0.15) is 38.1 Å². The molecule has 2 rings (SSSR count). The van der Waals surface area contributed by atoms with Gasteiger partial charge >= 0.3 is 0 Å². The van der Waals surface area contributed by atoms with Gasteiger partial charge in [-0.3, -0.25) is 19.4 Å². The molecule has 0 aliphatic heterocycles. The fourth-order valence-corrected chi connectivity index (χ4v) is 3.25. The summed E-state index contributed by atoms with van der Waals surface area (Å²) in [6.45, 7) is 1.93. The molecule has 0 unspecified atom stereocenters. The molecule has 0 radical (unpaired) electrons. The van der Waals surface area contributed by atoms with Crippen LogP contribution in [0.25, 0.3) is 0 Å². The second kappa shape index (κ2) is 9.75. The predicted molar refractivity (Wildman–Crippen MR) is 103 cm³/mol. The predicted octanol–water partition coefficient (Wildman–Crippen LogP) is -0.328. The Balaban J connectivity index is 2.14. The Bertz CT molecular complexity index is 1010. The smallest absolute Gasteiger partial charge is 0.269 e. The van der Waals surface area contributed by atoms with E-state index in [0.717, 1.165) is 12.3 Å². The van der Waals surface area contributed by atoms with E-state index in [1.54, 1.807) is 6.92 Å². The number of aromatic nitrogens is 1. The second-order valence-corrected chi connectivity index (χ2v) is 7.42. The molecule has 154 valence electrons. The molecular formula is C18H20N4O6S. The molecule has 0 bridgehead atoms. The first-order chi connectivity index (χ1) is 13.8. The van der Waals surface area contributed by atoms with Crippen LogP contribution in [0.5, 0.6) is 0 Å². The lowest BCUT2D eigenvalue weighted by atomic mass is 10.2. The standard InChI is InChI=1S/C18H20N4O6S/c1-2-19-16(24)12-4-3-5-14(10-12)29(27,28)22-17(25)13-6-7-15(21-11-13)18(26)20-8-9-23/h3-7,10-11,23H,2,8-9H2,1H3,(H,19,24)(H,20,26)(H,22,25). The van der Waals surface area contributed by atoms with Gasteiger partial charge < -0.3 is 15.7 Å². The number of carbonyl (C=O) groups excluding carboxylic acids is 3. The van der Waals surface area contributed by atoms with Gasteiger partial charge in [-0.1, -0.05) is 6.07 Å². The zero-order valence-corrected chi connectivity index (χ0v) is 16.3. The molecule has 1 aromatic heterocycles. The first-order valence-electron chi connectivity index (χ1n) is 8.59. The number of hydrogen-bond acceptors (Lipinski definition) is 7. The summed E-state index contributed by atoms with van der Waals surface area (Å²) in [7, 11) is -4.23. The molecular weight excluding hydrogens is 400 g/mol. The number of benzene rings is 1. The molecule has 11 heteroatoms. The first kappa shape index (κ1) is 22.0. The fraction of sp³-hybridized carbons (Fsp3) is 0.222. The number of hydrogen-bond donors (Lipinski definition) is 4. The third-order valence-corrected chi connectivity index (χ3v) is 4.96. The van der Waals surface area contributed by atoms with Gasteiger partial charge in [0.15, 0.2) is 0 Å². The number of aliphatic hydroxyl groups is 1. The summed E-state index contributed by atoms with van der Waals surface area (Å²) in [5.41, 5.74) is 0.0711. The van der Waals surface area contributed by atoms with Crippen LogP contribution in [-0.4, -0.2) is 55.9 Å². The van der Waals surface area contributed by atoms with E-state index >= 15 is 0 Å². The summed E-state index contributed by atoms with van der Waals surface area (Å²) in [5.74, 6) is -1.92. The maximum absolute atomic E-state index is 12.5. The van der Waals surface area contributed by atoms with Crippen molar-refractivity contribution in [1.82, 2.24) is 20.3 Å². The van der Waals surface area contributed by atoms with Gasteiger partial charge in [0, 0.05) is 24.8 Å². The molecule has 1 heterocycles. The summed E-state index contributed by atoms with van der Waals surface area (Å²) < 4.78 is 26.8. The van der Waals surface area contributed by atoms with Gasteiger partial charge in [-0.25, -0.2) is 13.1 Å². The number of nitrogens with zero attached hydrogens (tertiary/aromatic N) is 1. The van der Waals surface area contributed by atoms with Gasteiger partial charge in [-0.15, -0.1) is 0 Å². The summed E-state index contributed by atoms with van der Waals surface area (Å²) in [5, 5.41) is 13.6. The van der Waals surface area contributed by atoms with Crippen LogP contribution >= 0.6 is 0 Å². The zero-order chi connectivity index (χ0) is 21.4. The van der Waals surface area contributed by atoms with E-state index in [2.05, 4.69) is 15.6 Å². The fourth-order valence-electron chi connectivity index (χ4n) is 2.23. The SMILES string of the molecule is CCNC(=O)c1cccc(S(=O)(=O)NC(=O)c2ccc(C(=O)NCCO)nc2)c1. The van der Waals surface area contributed by atoms with Gasteiger partial charge in [0.2, 0.25) is 0 Å². The number of amides is 3. The molecule has 0 atom stereocenters. The molecule has 29 heavy (non-hydrogen) atoms. The molecule has 0 fully saturated rings. The van der Waals surface area contributed by atoms with Crippen molar-refractivity contribution < 1.29 is 27.9 Å². The zero-order valence-electron chi connectivity index (χ0n) is 15.5. The number of aliphatic hydroxyl groups excluding tert-OH is 1. The lowest BCUT2D eigenvalue weighted by Gasteiger charge is -2.09. The van der Waals surface area contributed by atoms with Crippen LogP contribution in [0.4, 0.5) is 0 Å². The van der Waals surface area contributed by atoms with Crippen molar-refractivity contribution >= 4 is 27.7 Å². The van der Waals surface area contributed by atoms with E-state index in [1.807, 2.05) is 4.72 Å². The van der Waals surface area contributed by atoms with E-state index in [9.17, 15) is 22.8 Å². The highest BCUT2D eigenvalue weighted by Gasteiger charge is 2.20. The molecule has 0 saturated carbocycles. The van der Waals surface area contributed by atoms with E-state index in [-0.39, 0.29) is 34.9 Å². The van der Waals surface area contributed by atoms with Gasteiger partial charge in [-0.05, 0) is 37.3 Å². The van der Waals surface area contributed by atoms with Crippen molar-refractivity contribution in [2.24, 2.45) is 0 Å². The molecule has 0 aliphatic carbocycles. The highest BCUT2D eigenvalue weighted by Crippen LogP contribution is 2.12. The average Bonchev–Trinajstić information content (AvgIpc) is 2.72. The molecule has 4 N–H and O–H groups in total. The van der Waals surface area contributed by atoms with Crippen LogP contribution in [0, 0.1) is 0 Å². The van der Waals surface area contributed by atoms with Crippen LogP contribution < -0.4 is 15.4 Å². The van der Waals surface area contributed by atoms with Crippen LogP contribution in [0.15, 0.2) is 47.5 Å². The lowest BCUT2D eigenvalue weighted by molar-refractivity contribution is 0.0934. The van der Waals surface area contributed by atoms with E-state index in [4.69, 9.17) is 5.11 Å². The molecule has 0 saturated heterocycles. The molecule has 1 aromatic carbocycles. The third kappa shape index (κ3) is 5.83. The van der Waals surface area contributed by atoms with E-state index < -0.39 is 27.7 Å². The Morgan fingerprint density at radius 1 is 1.00 bits per heavy atom. The maximum atomic E-state index is 12.5. The van der Waals surface area contributed by atoms with Crippen molar-refractivity contribution in [3.63, 3.8) is 0 Å². The minimum atomic E-state index is -4.23. The van der Waals surface area contributed by atoms with Crippen molar-refractivity contribution in [3.8, 4) is 0 Å². The minimum Gasteiger partial charge on any atom is -0.395 e. The lowest BCUT2D eigenvalue weighted by Crippen LogP contribution is -2.31. The number of rotatable bonds is 8. The quantitative estimate of drug-likeness (QED) is 0.456. The Kier molecular flexibility index (Phi) is 7.39. The van der Waals surface area contributed by atoms with Crippen molar-refractivity contribution in [3.05, 3.63) is 59.4 Å². The molecule has 3 amide bonds. The van der Waals surface area contributed by atoms with Gasteiger partial charge in [-0.2, -0.15) is 0 Å². The third-order valence-electron chi connectivity index (χ3n) is 3.63. The molecule has 0 aliphatic rings. The topological polar surface area (TPSA) is 155 Å². The second-order valence-electron chi connectivity index (χ2n) is 5.73. The van der Waals surface area contributed by atoms with Crippen LogP contribution in [-0.2, 0) is 10.0 Å². The van der Waals surface area contributed by atoms with E-state index in [0.29, 0.717) is 6.54 Å². The van der Waals surface area contributed by atoms with Gasteiger partial charge in [0.1, 0.15) is 5.69 Å². The molecule has 0 spiro atoms. The number of nitrogens with one attached hydrogen (secondary N) is 3. The Morgan fingerprint density at radius 3 is 2.38 bits per heavy atom. The highest BCUT2D eigenvalue weighted by molar-refractivity contribution is 7.90. The number of pyridine rings is 1. The normalized spacial score (nSPS) is 10.8. The summed E-state index contributed by atoms with van der Waals surface area (Å²) >= 11 is 0. The first-order valence-corrected chi connectivity index (χ1v) is 10.1. The Morgan fingerprint density at radius 2 is 1.76 bits per heavy atom. The van der Waals surface area contributed by atoms with Crippen molar-refractivity contribution in [2.75, 3.05) is 19.7 Å². The van der Waals surface area contributed by atoms with E-state index in [1.165, 1.54) is 30.3 Å². The van der Waals surface area contributed by atoms with Crippen molar-refractivity contribution in [2.45, 2.75) is 11.8 Å². The molecule has 10 nitrogen and oxygen atoms in total. The maximum Gasteiger partial charge on any atom is 0.269 e. The number of sulfonamides is 1. The number of carbonyl (C=O) groups is 3. The Hall–Kier alpha value is -3.31. The Labute approximate surface area is 167 Å². The largest absolute Gasteiger partial charge is 0.395 e. The van der Waals surface area contributed by atoms with Gasteiger partial charge in [0.25, 0.3) is 27.7 Å². The van der Waals surface area contributed by atoms with Crippen molar-refractivity contribution in [1.29, 1.82) is 0 Å². The monoisotopic (exact) mass is 420 g/mol. The summed E-state index contributed by atoms with van der Waals surface area (Å²) in [4.78, 5) is 39.4. The minimum absolute atomic E-state index is 0.00694. The summed E-state index contributed by atoms with van der Waals surface area (Å²) in [6, 6.07) is 7.76. The highest BCUT2D eigenvalue weighted by atomic mass is 32.2. The van der Waals surface area contributed by atoms with Gasteiger partial charge in [0.05, 0.1) is 17.1 Å². The van der Waals surface area contributed by atoms with Crippen LogP contribution in [0.3, 0.4) is 0 Å². The van der Waals surface area contributed by atoms with Crippen LogP contribution in [0.2, 0.25) is 0 Å². The summed E-state index contributed by atoms with van der Waals surface area (Å²) in [6.07, 6.45) is 1.06. The average molecular weight is 420 g/mol.